The predicted octanol–water partition coefficient (Wildman–Crippen LogP) is 1.80. The molecule has 0 aliphatic carbocycles. The number of piperidine rings is 1. The number of carbonyl (C=O) groups excluding carboxylic acids is 1. The largest absolute Gasteiger partial charge is 0.341 e. The normalized spacial score (nSPS) is 25.4. The second kappa shape index (κ2) is 5.94. The topological polar surface area (TPSA) is 51.0 Å². The molecular formula is C13H22N4OS. The predicted molar refractivity (Wildman–Crippen MR) is 75.8 cm³/mol. The van der Waals surface area contributed by atoms with E-state index in [1.54, 1.807) is 6.33 Å². The van der Waals surface area contributed by atoms with Crippen LogP contribution in [-0.4, -0.2) is 43.9 Å². The molecule has 3 unspecified atom stereocenters. The lowest BCUT2D eigenvalue weighted by Gasteiger charge is -2.36. The van der Waals surface area contributed by atoms with Crippen molar-refractivity contribution in [3.05, 3.63) is 6.33 Å². The van der Waals surface area contributed by atoms with Gasteiger partial charge in [-0.1, -0.05) is 25.6 Å². The van der Waals surface area contributed by atoms with Crippen molar-refractivity contribution in [2.24, 2.45) is 18.9 Å². The molecule has 0 spiro atoms. The van der Waals surface area contributed by atoms with Gasteiger partial charge in [-0.05, 0) is 25.2 Å². The van der Waals surface area contributed by atoms with Gasteiger partial charge < -0.3 is 9.47 Å². The van der Waals surface area contributed by atoms with Gasteiger partial charge in [0.15, 0.2) is 5.16 Å². The van der Waals surface area contributed by atoms with Crippen LogP contribution >= 0.6 is 11.8 Å². The van der Waals surface area contributed by atoms with E-state index in [9.17, 15) is 4.79 Å². The summed E-state index contributed by atoms with van der Waals surface area (Å²) in [6, 6.07) is 0. The van der Waals surface area contributed by atoms with Crippen molar-refractivity contribution in [3.63, 3.8) is 0 Å². The van der Waals surface area contributed by atoms with E-state index in [4.69, 9.17) is 0 Å². The summed E-state index contributed by atoms with van der Waals surface area (Å²) in [6.07, 6.45) is 2.87. The van der Waals surface area contributed by atoms with Crippen molar-refractivity contribution in [1.82, 2.24) is 19.7 Å². The number of rotatable bonds is 3. The molecule has 2 rings (SSSR count). The lowest BCUT2D eigenvalue weighted by molar-refractivity contribution is -0.132. The fourth-order valence-electron chi connectivity index (χ4n) is 2.69. The van der Waals surface area contributed by atoms with Crippen molar-refractivity contribution in [2.45, 2.75) is 37.6 Å². The minimum atomic E-state index is -0.111. The Bertz CT molecular complexity index is 438. The van der Waals surface area contributed by atoms with Crippen LogP contribution in [0.5, 0.6) is 0 Å². The highest BCUT2D eigenvalue weighted by atomic mass is 32.2. The van der Waals surface area contributed by atoms with Gasteiger partial charge in [0.2, 0.25) is 5.91 Å². The maximum atomic E-state index is 12.5. The number of nitrogens with zero attached hydrogens (tertiary/aromatic N) is 4. The summed E-state index contributed by atoms with van der Waals surface area (Å²) in [5, 5.41) is 8.54. The molecule has 0 N–H and O–H groups in total. The number of amides is 1. The first kappa shape index (κ1) is 14.4. The Morgan fingerprint density at radius 1 is 1.42 bits per heavy atom. The van der Waals surface area contributed by atoms with E-state index in [0.29, 0.717) is 11.8 Å². The van der Waals surface area contributed by atoms with Crippen molar-refractivity contribution in [1.29, 1.82) is 0 Å². The number of thioether (sulfide) groups is 1. The molecule has 1 saturated heterocycles. The summed E-state index contributed by atoms with van der Waals surface area (Å²) < 4.78 is 1.84. The minimum Gasteiger partial charge on any atom is -0.341 e. The Kier molecular flexibility index (Phi) is 4.50. The molecule has 1 amide bonds. The second-order valence-corrected chi connectivity index (χ2v) is 6.98. The minimum absolute atomic E-state index is 0.111. The van der Waals surface area contributed by atoms with E-state index in [1.807, 2.05) is 23.4 Å². The Morgan fingerprint density at radius 3 is 2.58 bits per heavy atom. The highest BCUT2D eigenvalue weighted by Gasteiger charge is 2.29. The van der Waals surface area contributed by atoms with Crippen LogP contribution in [0.2, 0.25) is 0 Å². The number of aromatic nitrogens is 3. The van der Waals surface area contributed by atoms with Crippen LogP contribution < -0.4 is 0 Å². The van der Waals surface area contributed by atoms with Crippen molar-refractivity contribution >= 4 is 17.7 Å². The summed E-state index contributed by atoms with van der Waals surface area (Å²) in [7, 11) is 1.89. The highest BCUT2D eigenvalue weighted by molar-refractivity contribution is 8.00. The maximum absolute atomic E-state index is 12.5. The summed E-state index contributed by atoms with van der Waals surface area (Å²) in [4.78, 5) is 14.5. The van der Waals surface area contributed by atoms with Crippen molar-refractivity contribution < 1.29 is 4.79 Å². The number of hydrogen-bond acceptors (Lipinski definition) is 4. The van der Waals surface area contributed by atoms with Gasteiger partial charge in [-0.3, -0.25) is 4.79 Å². The van der Waals surface area contributed by atoms with E-state index >= 15 is 0 Å². The highest BCUT2D eigenvalue weighted by Crippen LogP contribution is 2.26. The molecule has 1 aliphatic heterocycles. The van der Waals surface area contributed by atoms with Gasteiger partial charge >= 0.3 is 0 Å². The zero-order valence-corrected chi connectivity index (χ0v) is 12.9. The van der Waals surface area contributed by atoms with E-state index in [2.05, 4.69) is 24.0 Å². The Balaban J connectivity index is 1.97. The zero-order chi connectivity index (χ0) is 14.0. The molecule has 106 valence electrons. The SMILES string of the molecule is CC1CC(C)CN(C(=O)C(C)Sc2nncn2C)C1. The van der Waals surface area contributed by atoms with Gasteiger partial charge in [0.05, 0.1) is 5.25 Å². The fraction of sp³-hybridized carbons (Fsp3) is 0.769. The second-order valence-electron chi connectivity index (χ2n) is 5.67. The standard InChI is InChI=1S/C13H22N4OS/c1-9-5-10(2)7-17(6-9)12(18)11(3)19-13-15-14-8-16(13)4/h8-11H,5-7H2,1-4H3. The van der Waals surface area contributed by atoms with Gasteiger partial charge in [0, 0.05) is 20.1 Å². The van der Waals surface area contributed by atoms with Crippen LogP contribution in [0.1, 0.15) is 27.2 Å². The van der Waals surface area contributed by atoms with Crippen molar-refractivity contribution in [2.75, 3.05) is 13.1 Å². The van der Waals surface area contributed by atoms with Crippen LogP contribution in [-0.2, 0) is 11.8 Å². The van der Waals surface area contributed by atoms with E-state index in [-0.39, 0.29) is 11.2 Å². The molecule has 0 aromatic carbocycles. The average molecular weight is 282 g/mol. The summed E-state index contributed by atoms with van der Waals surface area (Å²) in [6.45, 7) is 8.15. The van der Waals surface area contributed by atoms with Gasteiger partial charge in [-0.25, -0.2) is 0 Å². The smallest absolute Gasteiger partial charge is 0.235 e. The summed E-state index contributed by atoms with van der Waals surface area (Å²) >= 11 is 1.48. The third-order valence-corrected chi connectivity index (χ3v) is 4.62. The number of carbonyl (C=O) groups is 1. The Labute approximate surface area is 118 Å². The molecular weight excluding hydrogens is 260 g/mol. The monoisotopic (exact) mass is 282 g/mol. The third kappa shape index (κ3) is 3.49. The first-order valence-electron chi connectivity index (χ1n) is 6.76. The first-order chi connectivity index (χ1) is 8.97. The molecule has 1 aromatic heterocycles. The number of aryl methyl sites for hydroxylation is 1. The van der Waals surface area contributed by atoms with Crippen molar-refractivity contribution in [3.8, 4) is 0 Å². The van der Waals surface area contributed by atoms with Gasteiger partial charge in [-0.15, -0.1) is 10.2 Å². The zero-order valence-electron chi connectivity index (χ0n) is 12.0. The number of likely N-dealkylation sites (tertiary alicyclic amines) is 1. The van der Waals surface area contributed by atoms with Crippen LogP contribution in [0.15, 0.2) is 11.5 Å². The molecule has 0 bridgehead atoms. The molecule has 1 aromatic rings. The van der Waals surface area contributed by atoms with Crippen LogP contribution in [0.25, 0.3) is 0 Å². The molecule has 6 heteroatoms. The summed E-state index contributed by atoms with van der Waals surface area (Å²) in [5.41, 5.74) is 0. The molecule has 19 heavy (non-hydrogen) atoms. The lowest BCUT2D eigenvalue weighted by Crippen LogP contribution is -2.45. The molecule has 3 atom stereocenters. The lowest BCUT2D eigenvalue weighted by atomic mass is 9.92. The maximum Gasteiger partial charge on any atom is 0.235 e. The van der Waals surface area contributed by atoms with Gasteiger partial charge in [0.25, 0.3) is 0 Å². The molecule has 0 radical (unpaired) electrons. The van der Waals surface area contributed by atoms with Crippen LogP contribution in [0.3, 0.4) is 0 Å². The van der Waals surface area contributed by atoms with E-state index < -0.39 is 0 Å². The van der Waals surface area contributed by atoms with Crippen LogP contribution in [0, 0.1) is 11.8 Å². The third-order valence-electron chi connectivity index (χ3n) is 3.48. The van der Waals surface area contributed by atoms with Gasteiger partial charge in [-0.2, -0.15) is 0 Å². The molecule has 1 fully saturated rings. The Hall–Kier alpha value is -1.04. The fourth-order valence-corrected chi connectivity index (χ4v) is 3.56. The molecule has 0 saturated carbocycles. The number of hydrogen-bond donors (Lipinski definition) is 0. The molecule has 1 aliphatic rings. The Morgan fingerprint density at radius 2 is 2.05 bits per heavy atom. The van der Waals surface area contributed by atoms with Crippen LogP contribution in [0.4, 0.5) is 0 Å². The van der Waals surface area contributed by atoms with E-state index in [0.717, 1.165) is 18.2 Å². The molecule has 2 heterocycles. The quantitative estimate of drug-likeness (QED) is 0.793. The van der Waals surface area contributed by atoms with Gasteiger partial charge in [0.1, 0.15) is 6.33 Å². The average Bonchev–Trinajstić information content (AvgIpc) is 2.72. The van der Waals surface area contributed by atoms with E-state index in [1.165, 1.54) is 18.2 Å². The first-order valence-corrected chi connectivity index (χ1v) is 7.64. The summed E-state index contributed by atoms with van der Waals surface area (Å²) in [5.74, 6) is 1.41. The molecule has 5 nitrogen and oxygen atoms in total.